The Hall–Kier alpha value is -0.0900. The van der Waals surface area contributed by atoms with Crippen molar-refractivity contribution < 1.29 is 42.7 Å². The summed E-state index contributed by atoms with van der Waals surface area (Å²) in [5.41, 5.74) is 0.757. The van der Waals surface area contributed by atoms with Gasteiger partial charge in [0.25, 0.3) is 0 Å². The molecule has 0 saturated carbocycles. The van der Waals surface area contributed by atoms with Gasteiger partial charge in [0.2, 0.25) is 0 Å². The zero-order valence-electron chi connectivity index (χ0n) is 13.5. The van der Waals surface area contributed by atoms with Crippen LogP contribution in [0.1, 0.15) is 5.56 Å². The molecule has 0 aromatic heterocycles. The summed E-state index contributed by atoms with van der Waals surface area (Å²) < 4.78 is 5.59. The Bertz CT molecular complexity index is 523. The van der Waals surface area contributed by atoms with Gasteiger partial charge in [-0.2, -0.15) is 0 Å². The molecule has 1 aliphatic rings. The van der Waals surface area contributed by atoms with Crippen LogP contribution >= 0.6 is 11.6 Å². The van der Waals surface area contributed by atoms with E-state index in [4.69, 9.17) is 16.3 Å². The molecule has 0 aliphatic carbocycles. The third-order valence-corrected chi connectivity index (χ3v) is 7.37. The third kappa shape index (κ3) is 5.95. The van der Waals surface area contributed by atoms with Gasteiger partial charge in [0.15, 0.2) is 5.25 Å². The molecule has 1 heterocycles. The topological polar surface area (TPSA) is 110 Å². The van der Waals surface area contributed by atoms with Crippen molar-refractivity contribution in [1.29, 1.82) is 0 Å². The summed E-state index contributed by atoms with van der Waals surface area (Å²) in [6.45, 7) is -0.458. The first kappa shape index (κ1) is 23.0. The fraction of sp³-hybridized carbons (Fsp3) is 0.625. The highest BCUT2D eigenvalue weighted by Gasteiger charge is 2.50. The predicted molar refractivity (Wildman–Crippen MR) is 93.1 cm³/mol. The summed E-state index contributed by atoms with van der Waals surface area (Å²) >= 11 is 6.05. The van der Waals surface area contributed by atoms with Crippen molar-refractivity contribution in [2.24, 2.45) is 0 Å². The second kappa shape index (κ2) is 10.9. The predicted octanol–water partition coefficient (Wildman–Crippen LogP) is -3.70. The highest BCUT2D eigenvalue weighted by atomic mass is 35.5. The molecule has 1 saturated heterocycles. The molecule has 1 aromatic rings. The van der Waals surface area contributed by atoms with Gasteiger partial charge in [0.05, 0.1) is 19.8 Å². The van der Waals surface area contributed by atoms with E-state index in [-0.39, 0.29) is 38.0 Å². The minimum Gasteiger partial charge on any atom is -1.00 e. The molecular weight excluding hydrogens is 391 g/mol. The maximum Gasteiger partial charge on any atom is 0.169 e. The molecule has 1 aromatic carbocycles. The summed E-state index contributed by atoms with van der Waals surface area (Å²) in [5.74, 6) is 0.569. The Labute approximate surface area is 161 Å². The van der Waals surface area contributed by atoms with Gasteiger partial charge in [-0.15, -0.1) is 0 Å². The van der Waals surface area contributed by atoms with Gasteiger partial charge in [-0.25, -0.2) is 0 Å². The van der Waals surface area contributed by atoms with Crippen molar-refractivity contribution in [1.82, 2.24) is 0 Å². The van der Waals surface area contributed by atoms with Crippen LogP contribution in [-0.4, -0.2) is 79.9 Å². The number of halogens is 2. The van der Waals surface area contributed by atoms with E-state index in [1.807, 2.05) is 6.07 Å². The molecule has 2 rings (SSSR count). The molecule has 144 valence electrons. The molecule has 2 unspecified atom stereocenters. The summed E-state index contributed by atoms with van der Waals surface area (Å²) in [6, 6.07) is 7.16. The van der Waals surface area contributed by atoms with Crippen molar-refractivity contribution in [3.8, 4) is 0 Å². The first-order valence-corrected chi connectivity index (χ1v) is 9.75. The lowest BCUT2D eigenvalue weighted by Crippen LogP contribution is -3.00. The molecule has 0 amide bonds. The number of benzene rings is 1. The molecule has 25 heavy (non-hydrogen) atoms. The first-order valence-electron chi connectivity index (χ1n) is 7.75. The van der Waals surface area contributed by atoms with Gasteiger partial charge in [0, 0.05) is 15.9 Å². The summed E-state index contributed by atoms with van der Waals surface area (Å²) in [4.78, 5) is 0. The van der Waals surface area contributed by atoms with E-state index >= 15 is 0 Å². The lowest BCUT2D eigenvalue weighted by Gasteiger charge is -2.22. The van der Waals surface area contributed by atoms with Crippen LogP contribution in [0.3, 0.4) is 0 Å². The zero-order valence-corrected chi connectivity index (χ0v) is 15.9. The average molecular weight is 415 g/mol. The number of hydrogen-bond acceptors (Lipinski definition) is 6. The Morgan fingerprint density at radius 3 is 2.52 bits per heavy atom. The van der Waals surface area contributed by atoms with Crippen LogP contribution in [0, 0.1) is 0 Å². The van der Waals surface area contributed by atoms with Crippen LogP contribution in [0.25, 0.3) is 0 Å². The monoisotopic (exact) mass is 414 g/mol. The number of hydrogen-bond donors (Lipinski definition) is 5. The van der Waals surface area contributed by atoms with Gasteiger partial charge in [-0.3, -0.25) is 0 Å². The third-order valence-electron chi connectivity index (χ3n) is 4.17. The van der Waals surface area contributed by atoms with Crippen molar-refractivity contribution in [3.05, 3.63) is 34.9 Å². The van der Waals surface area contributed by atoms with E-state index in [0.29, 0.717) is 10.8 Å². The van der Waals surface area contributed by atoms with Crippen molar-refractivity contribution in [2.45, 2.75) is 36.3 Å². The molecule has 5 N–H and O–H groups in total. The maximum absolute atomic E-state index is 10.3. The standard InChI is InChI=1S/C16H24ClO6S.ClH/c17-11-4-2-1-3-10(11)7-23-14(5-18)12(20)8-24-9-13(21)16(22)15(24)6-19;/h1-4,12-16,18-22H,5-9H2;1H/q+1;/p-1/t12?,13-,14+,15-,16+,24?;/m1./s1. The fourth-order valence-electron chi connectivity index (χ4n) is 2.72. The minimum atomic E-state index is -0.984. The van der Waals surface area contributed by atoms with E-state index in [0.717, 1.165) is 5.56 Å². The normalized spacial score (nSPS) is 28.4. The zero-order chi connectivity index (χ0) is 17.7. The molecule has 6 atom stereocenters. The highest BCUT2D eigenvalue weighted by molar-refractivity contribution is 7.97. The van der Waals surface area contributed by atoms with Gasteiger partial charge >= 0.3 is 0 Å². The number of aliphatic hydroxyl groups is 5. The van der Waals surface area contributed by atoms with E-state index < -0.39 is 40.6 Å². The molecular formula is C16H24Cl2O6S. The van der Waals surface area contributed by atoms with Crippen LogP contribution in [-0.2, 0) is 22.2 Å². The molecule has 1 aliphatic heterocycles. The van der Waals surface area contributed by atoms with Gasteiger partial charge in [-0.1, -0.05) is 29.8 Å². The minimum absolute atomic E-state index is 0. The molecule has 0 spiro atoms. The highest BCUT2D eigenvalue weighted by Crippen LogP contribution is 2.25. The maximum atomic E-state index is 10.3. The molecule has 1 fully saturated rings. The van der Waals surface area contributed by atoms with Crippen LogP contribution in [0.15, 0.2) is 24.3 Å². The molecule has 6 nitrogen and oxygen atoms in total. The Balaban J connectivity index is 0.00000312. The summed E-state index contributed by atoms with van der Waals surface area (Å²) in [6.07, 6.45) is -3.65. The van der Waals surface area contributed by atoms with Crippen molar-refractivity contribution >= 4 is 22.5 Å². The first-order chi connectivity index (χ1) is 11.5. The van der Waals surface area contributed by atoms with Gasteiger partial charge in [0.1, 0.15) is 35.9 Å². The van der Waals surface area contributed by atoms with Crippen LogP contribution in [0.4, 0.5) is 0 Å². The number of ether oxygens (including phenoxy) is 1. The quantitative estimate of drug-likeness (QED) is 0.280. The van der Waals surface area contributed by atoms with E-state index in [9.17, 15) is 25.5 Å². The van der Waals surface area contributed by atoms with Crippen molar-refractivity contribution in [2.75, 3.05) is 24.7 Å². The smallest absolute Gasteiger partial charge is 0.169 e. The Morgan fingerprint density at radius 1 is 1.24 bits per heavy atom. The van der Waals surface area contributed by atoms with Crippen LogP contribution in [0.5, 0.6) is 0 Å². The second-order valence-corrected chi connectivity index (χ2v) is 8.59. The lowest BCUT2D eigenvalue weighted by molar-refractivity contribution is -0.0623. The Kier molecular flexibility index (Phi) is 10.0. The molecule has 0 bridgehead atoms. The van der Waals surface area contributed by atoms with Crippen LogP contribution in [0.2, 0.25) is 5.02 Å². The number of aliphatic hydroxyl groups excluding tert-OH is 5. The average Bonchev–Trinajstić information content (AvgIpc) is 2.83. The van der Waals surface area contributed by atoms with E-state index in [1.54, 1.807) is 18.2 Å². The fourth-order valence-corrected chi connectivity index (χ4v) is 5.61. The number of rotatable bonds is 8. The van der Waals surface area contributed by atoms with Crippen LogP contribution < -0.4 is 12.4 Å². The lowest BCUT2D eigenvalue weighted by atomic mass is 10.2. The molecule has 9 heteroatoms. The van der Waals surface area contributed by atoms with E-state index in [2.05, 4.69) is 0 Å². The van der Waals surface area contributed by atoms with E-state index in [1.165, 1.54) is 0 Å². The van der Waals surface area contributed by atoms with Gasteiger partial charge < -0.3 is 42.7 Å². The SMILES string of the molecule is OC[C@H](OCc1ccccc1Cl)C(O)C[S+]1C[C@@H](O)[C@H](O)[C@H]1CO.[Cl-]. The largest absolute Gasteiger partial charge is 1.00 e. The summed E-state index contributed by atoms with van der Waals surface area (Å²) in [5, 5.41) is 48.9. The Morgan fingerprint density at radius 2 is 1.92 bits per heavy atom. The van der Waals surface area contributed by atoms with Crippen molar-refractivity contribution in [3.63, 3.8) is 0 Å². The summed E-state index contributed by atoms with van der Waals surface area (Å²) in [7, 11) is -0.547. The second-order valence-electron chi connectivity index (χ2n) is 5.84. The molecule has 0 radical (unpaired) electrons. The van der Waals surface area contributed by atoms with Gasteiger partial charge in [-0.05, 0) is 11.6 Å².